The van der Waals surface area contributed by atoms with Gasteiger partial charge in [0.25, 0.3) is 0 Å². The fourth-order valence-electron chi connectivity index (χ4n) is 1.17. The summed E-state index contributed by atoms with van der Waals surface area (Å²) in [5, 5.41) is 19.3. The van der Waals surface area contributed by atoms with E-state index in [2.05, 4.69) is 4.98 Å². The number of hydrogen-bond acceptors (Lipinski definition) is 4. The summed E-state index contributed by atoms with van der Waals surface area (Å²) in [4.78, 5) is 12.8. The second-order valence-corrected chi connectivity index (χ2v) is 2.88. The Bertz CT molecular complexity index is 396. The van der Waals surface area contributed by atoms with Crippen molar-refractivity contribution in [3.05, 3.63) is 33.0 Å². The van der Waals surface area contributed by atoms with Crippen molar-refractivity contribution in [2.45, 2.75) is 20.0 Å². The van der Waals surface area contributed by atoms with Crippen LogP contribution >= 0.6 is 0 Å². The van der Waals surface area contributed by atoms with Crippen molar-refractivity contribution < 1.29 is 18.8 Å². The minimum atomic E-state index is -2.87. The highest BCUT2D eigenvalue weighted by molar-refractivity contribution is 5.40. The monoisotopic (exact) mass is 218 g/mol. The average Bonchev–Trinajstić information content (AvgIpc) is 2.16. The summed E-state index contributed by atoms with van der Waals surface area (Å²) in [6.45, 7) is 0.810. The predicted octanol–water partition coefficient (Wildman–Crippen LogP) is 1.73. The van der Waals surface area contributed by atoms with Crippen molar-refractivity contribution in [2.24, 2.45) is 0 Å². The smallest absolute Gasteiger partial charge is 0.369 e. The molecular weight excluding hydrogens is 210 g/mol. The summed E-state index contributed by atoms with van der Waals surface area (Å²) >= 11 is 0. The Balaban J connectivity index is 3.38. The van der Waals surface area contributed by atoms with Gasteiger partial charge in [-0.05, 0) is 28.5 Å². The molecule has 0 unspecified atom stereocenters. The Kier molecular flexibility index (Phi) is 3.25. The zero-order valence-corrected chi connectivity index (χ0v) is 7.78. The van der Waals surface area contributed by atoms with Crippen molar-refractivity contribution in [3.63, 3.8) is 0 Å². The summed E-state index contributed by atoms with van der Waals surface area (Å²) in [6.07, 6.45) is -2.87. The molecule has 0 radical (unpaired) electrons. The largest absolute Gasteiger partial charge is 0.391 e. The molecule has 1 N–H and O–H groups in total. The third-order valence-corrected chi connectivity index (χ3v) is 1.90. The molecule has 0 aliphatic carbocycles. The van der Waals surface area contributed by atoms with Gasteiger partial charge in [0.05, 0.1) is 12.2 Å². The predicted molar refractivity (Wildman–Crippen MR) is 46.5 cm³/mol. The number of halogens is 2. The molecule has 7 heteroatoms. The molecule has 1 aromatic heterocycles. The van der Waals surface area contributed by atoms with E-state index in [1.807, 2.05) is 0 Å². The second-order valence-electron chi connectivity index (χ2n) is 2.88. The highest BCUT2D eigenvalue weighted by Crippen LogP contribution is 2.25. The number of rotatable bonds is 3. The molecule has 0 amide bonds. The van der Waals surface area contributed by atoms with Gasteiger partial charge in [-0.1, -0.05) is 0 Å². The van der Waals surface area contributed by atoms with E-state index < -0.39 is 29.5 Å². The summed E-state index contributed by atoms with van der Waals surface area (Å²) < 4.78 is 24.6. The highest BCUT2D eigenvalue weighted by atomic mass is 19.3. The van der Waals surface area contributed by atoms with Crippen molar-refractivity contribution in [1.82, 2.24) is 4.98 Å². The van der Waals surface area contributed by atoms with Crippen molar-refractivity contribution in [1.29, 1.82) is 0 Å². The van der Waals surface area contributed by atoms with E-state index in [-0.39, 0.29) is 11.1 Å². The summed E-state index contributed by atoms with van der Waals surface area (Å²) in [6, 6.07) is 1.03. The first-order valence-corrected chi connectivity index (χ1v) is 4.01. The van der Waals surface area contributed by atoms with E-state index in [0.29, 0.717) is 0 Å². The minimum absolute atomic E-state index is 0.0376. The maximum atomic E-state index is 12.3. The number of nitro groups is 1. The third kappa shape index (κ3) is 2.24. The van der Waals surface area contributed by atoms with Crippen LogP contribution in [0.5, 0.6) is 0 Å². The first-order chi connectivity index (χ1) is 6.97. The van der Waals surface area contributed by atoms with Crippen LogP contribution in [0.15, 0.2) is 6.07 Å². The average molecular weight is 218 g/mol. The standard InChI is InChI=1S/C8H8F2N2O3/c1-4-2-6(7(9)10)11-8(12(14)15)5(4)3-13/h2,7,13H,3H2,1H3. The van der Waals surface area contributed by atoms with E-state index >= 15 is 0 Å². The van der Waals surface area contributed by atoms with Gasteiger partial charge in [0.15, 0.2) is 0 Å². The summed E-state index contributed by atoms with van der Waals surface area (Å²) in [5.74, 6) is -0.715. The summed E-state index contributed by atoms with van der Waals surface area (Å²) in [7, 11) is 0. The van der Waals surface area contributed by atoms with Crippen LogP contribution in [0.3, 0.4) is 0 Å². The lowest BCUT2D eigenvalue weighted by Crippen LogP contribution is -2.04. The molecule has 0 aliphatic rings. The van der Waals surface area contributed by atoms with Crippen LogP contribution < -0.4 is 0 Å². The van der Waals surface area contributed by atoms with Crippen molar-refractivity contribution in [2.75, 3.05) is 0 Å². The Morgan fingerprint density at radius 1 is 1.67 bits per heavy atom. The molecule has 0 aromatic carbocycles. The first kappa shape index (κ1) is 11.4. The molecule has 1 heterocycles. The van der Waals surface area contributed by atoms with E-state index in [4.69, 9.17) is 5.11 Å². The molecule has 0 aliphatic heterocycles. The third-order valence-electron chi connectivity index (χ3n) is 1.90. The number of hydrogen-bond donors (Lipinski definition) is 1. The number of alkyl halides is 2. The fraction of sp³-hybridized carbons (Fsp3) is 0.375. The van der Waals surface area contributed by atoms with Crippen LogP contribution in [0, 0.1) is 17.0 Å². The molecule has 0 spiro atoms. The van der Waals surface area contributed by atoms with Gasteiger partial charge in [0.2, 0.25) is 5.69 Å². The number of pyridine rings is 1. The Labute approximate surface area is 83.5 Å². The van der Waals surface area contributed by atoms with E-state index in [0.717, 1.165) is 6.07 Å². The van der Waals surface area contributed by atoms with E-state index in [9.17, 15) is 18.9 Å². The lowest BCUT2D eigenvalue weighted by atomic mass is 10.1. The first-order valence-electron chi connectivity index (χ1n) is 4.01. The molecule has 82 valence electrons. The SMILES string of the molecule is Cc1cc(C(F)F)nc([N+](=O)[O-])c1CO. The number of aryl methyl sites for hydroxylation is 1. The minimum Gasteiger partial charge on any atom is -0.391 e. The van der Waals surface area contributed by atoms with Crippen molar-refractivity contribution >= 4 is 5.82 Å². The quantitative estimate of drug-likeness (QED) is 0.619. The molecule has 0 bridgehead atoms. The topological polar surface area (TPSA) is 76.3 Å². The molecule has 1 rings (SSSR count). The normalized spacial score (nSPS) is 10.7. The lowest BCUT2D eigenvalue weighted by Gasteiger charge is -2.04. The van der Waals surface area contributed by atoms with Gasteiger partial charge in [0.1, 0.15) is 0 Å². The lowest BCUT2D eigenvalue weighted by molar-refractivity contribution is -0.390. The number of aromatic nitrogens is 1. The van der Waals surface area contributed by atoms with Gasteiger partial charge >= 0.3 is 12.2 Å². The fourth-order valence-corrected chi connectivity index (χ4v) is 1.17. The molecule has 0 saturated heterocycles. The zero-order valence-electron chi connectivity index (χ0n) is 7.78. The molecular formula is C8H8F2N2O3. The van der Waals surface area contributed by atoms with Crippen LogP contribution in [0.4, 0.5) is 14.6 Å². The Morgan fingerprint density at radius 2 is 2.27 bits per heavy atom. The number of nitrogens with zero attached hydrogens (tertiary/aromatic N) is 2. The molecule has 5 nitrogen and oxygen atoms in total. The van der Waals surface area contributed by atoms with Crippen LogP contribution in [0.1, 0.15) is 23.2 Å². The molecule has 0 saturated carbocycles. The maximum Gasteiger partial charge on any atom is 0.369 e. The van der Waals surface area contributed by atoms with Crippen LogP contribution in [0.25, 0.3) is 0 Å². The zero-order chi connectivity index (χ0) is 11.6. The number of aliphatic hydroxyl groups is 1. The summed E-state index contributed by atoms with van der Waals surface area (Å²) in [5.41, 5.74) is -0.463. The van der Waals surface area contributed by atoms with Crippen molar-refractivity contribution in [3.8, 4) is 0 Å². The second kappa shape index (κ2) is 4.26. The van der Waals surface area contributed by atoms with Gasteiger partial charge in [-0.3, -0.25) is 0 Å². The van der Waals surface area contributed by atoms with Crippen LogP contribution in [0.2, 0.25) is 0 Å². The molecule has 0 fully saturated rings. The van der Waals surface area contributed by atoms with Gasteiger partial charge in [-0.15, -0.1) is 0 Å². The van der Waals surface area contributed by atoms with E-state index in [1.54, 1.807) is 0 Å². The molecule has 1 aromatic rings. The van der Waals surface area contributed by atoms with E-state index in [1.165, 1.54) is 6.92 Å². The van der Waals surface area contributed by atoms with Crippen LogP contribution in [-0.2, 0) is 6.61 Å². The Morgan fingerprint density at radius 3 is 2.67 bits per heavy atom. The maximum absolute atomic E-state index is 12.3. The van der Waals surface area contributed by atoms with Gasteiger partial charge in [-0.25, -0.2) is 8.78 Å². The number of aliphatic hydroxyl groups excluding tert-OH is 1. The van der Waals surface area contributed by atoms with Gasteiger partial charge in [0, 0.05) is 0 Å². The molecule has 0 atom stereocenters. The highest BCUT2D eigenvalue weighted by Gasteiger charge is 2.24. The van der Waals surface area contributed by atoms with Crippen LogP contribution in [-0.4, -0.2) is 15.0 Å². The Hall–Kier alpha value is -1.63. The molecule has 15 heavy (non-hydrogen) atoms. The van der Waals surface area contributed by atoms with Gasteiger partial charge in [-0.2, -0.15) is 0 Å². The van der Waals surface area contributed by atoms with Gasteiger partial charge < -0.3 is 15.2 Å².